The van der Waals surface area contributed by atoms with Crippen molar-refractivity contribution in [1.29, 1.82) is 0 Å². The fourth-order valence-electron chi connectivity index (χ4n) is 2.33. The molecule has 2 aromatic rings. The number of aromatic nitrogens is 2. The lowest BCUT2D eigenvalue weighted by molar-refractivity contribution is 0.143. The number of sulfonamides is 1. The first-order valence-corrected chi connectivity index (χ1v) is 8.46. The molecule has 1 unspecified atom stereocenters. The molecule has 0 spiro atoms. The number of nitrogens with one attached hydrogen (secondary N) is 1. The summed E-state index contributed by atoms with van der Waals surface area (Å²) < 4.78 is 33.5. The molecule has 1 aromatic heterocycles. The third-order valence-corrected chi connectivity index (χ3v) is 4.94. The predicted octanol–water partition coefficient (Wildman–Crippen LogP) is 0.724. The van der Waals surface area contributed by atoms with Gasteiger partial charge in [-0.25, -0.2) is 17.9 Å². The van der Waals surface area contributed by atoms with Crippen LogP contribution in [0.2, 0.25) is 0 Å². The molecule has 3 rings (SSSR count). The van der Waals surface area contributed by atoms with E-state index in [4.69, 9.17) is 4.74 Å². The lowest BCUT2D eigenvalue weighted by Gasteiger charge is -2.12. The van der Waals surface area contributed by atoms with Gasteiger partial charge in [-0.05, 0) is 12.1 Å². The minimum Gasteiger partial charge on any atom is -0.442 e. The van der Waals surface area contributed by atoms with Gasteiger partial charge in [-0.15, -0.1) is 0 Å². The Morgan fingerprint density at radius 2 is 2.04 bits per heavy atom. The third-order valence-electron chi connectivity index (χ3n) is 3.50. The zero-order valence-electron chi connectivity index (χ0n) is 12.4. The van der Waals surface area contributed by atoms with Crippen molar-refractivity contribution in [3.8, 4) is 0 Å². The Morgan fingerprint density at radius 1 is 1.30 bits per heavy atom. The van der Waals surface area contributed by atoms with Crippen LogP contribution in [0.3, 0.4) is 0 Å². The van der Waals surface area contributed by atoms with Crippen molar-refractivity contribution in [2.45, 2.75) is 11.0 Å². The number of carbonyl (C=O) groups excluding carboxylic acids is 1. The van der Waals surface area contributed by atoms with E-state index < -0.39 is 22.2 Å². The maximum atomic E-state index is 12.2. The standard InChI is InChI=1S/C14H16N4O4S/c1-17-13(7-8-15-17)18-10-11(22-14(18)19)9-16-23(20,21)12-5-3-2-4-6-12/h2-8,11,16H,9-10H2,1H3. The molecule has 0 aliphatic carbocycles. The number of nitrogens with zero attached hydrogens (tertiary/aromatic N) is 3. The van der Waals surface area contributed by atoms with Crippen molar-refractivity contribution in [3.05, 3.63) is 42.6 Å². The van der Waals surface area contributed by atoms with E-state index >= 15 is 0 Å². The molecule has 1 aromatic carbocycles. The van der Waals surface area contributed by atoms with Gasteiger partial charge in [0.05, 0.1) is 17.6 Å². The second-order valence-corrected chi connectivity index (χ2v) is 6.86. The van der Waals surface area contributed by atoms with E-state index in [9.17, 15) is 13.2 Å². The predicted molar refractivity (Wildman–Crippen MR) is 82.5 cm³/mol. The summed E-state index contributed by atoms with van der Waals surface area (Å²) in [5, 5.41) is 4.00. The molecule has 0 radical (unpaired) electrons. The van der Waals surface area contributed by atoms with Crippen molar-refractivity contribution < 1.29 is 17.9 Å². The minimum absolute atomic E-state index is 0.0112. The summed E-state index contributed by atoms with van der Waals surface area (Å²) in [7, 11) is -1.91. The number of ether oxygens (including phenoxy) is 1. The van der Waals surface area contributed by atoms with Crippen LogP contribution in [-0.2, 0) is 21.8 Å². The molecule has 1 amide bonds. The van der Waals surface area contributed by atoms with E-state index in [0.29, 0.717) is 5.82 Å². The molecule has 8 nitrogen and oxygen atoms in total. The van der Waals surface area contributed by atoms with E-state index in [1.54, 1.807) is 42.2 Å². The lowest BCUT2D eigenvalue weighted by Crippen LogP contribution is -2.34. The largest absolute Gasteiger partial charge is 0.442 e. The van der Waals surface area contributed by atoms with Crippen LogP contribution in [0.1, 0.15) is 0 Å². The number of hydrogen-bond donors (Lipinski definition) is 1. The van der Waals surface area contributed by atoms with Crippen LogP contribution in [0.25, 0.3) is 0 Å². The van der Waals surface area contributed by atoms with Crippen LogP contribution in [-0.4, -0.2) is 43.5 Å². The number of hydrogen-bond acceptors (Lipinski definition) is 5. The Hall–Kier alpha value is -2.39. The maximum absolute atomic E-state index is 12.2. The van der Waals surface area contributed by atoms with Gasteiger partial charge >= 0.3 is 6.09 Å². The SMILES string of the molecule is Cn1nccc1N1CC(CNS(=O)(=O)c2ccccc2)OC1=O. The number of anilines is 1. The van der Waals surface area contributed by atoms with Crippen LogP contribution in [0.4, 0.5) is 10.6 Å². The summed E-state index contributed by atoms with van der Waals surface area (Å²) in [5.74, 6) is 0.600. The molecule has 122 valence electrons. The average Bonchev–Trinajstić information content (AvgIpc) is 3.12. The van der Waals surface area contributed by atoms with Crippen molar-refractivity contribution in [1.82, 2.24) is 14.5 Å². The highest BCUT2D eigenvalue weighted by molar-refractivity contribution is 7.89. The van der Waals surface area contributed by atoms with Crippen LogP contribution in [0, 0.1) is 0 Å². The number of aryl methyl sites for hydroxylation is 1. The van der Waals surface area contributed by atoms with E-state index in [2.05, 4.69) is 9.82 Å². The van der Waals surface area contributed by atoms with E-state index in [1.807, 2.05) is 0 Å². The van der Waals surface area contributed by atoms with Crippen molar-refractivity contribution in [2.75, 3.05) is 18.0 Å². The highest BCUT2D eigenvalue weighted by Gasteiger charge is 2.34. The quantitative estimate of drug-likeness (QED) is 0.868. The van der Waals surface area contributed by atoms with Gasteiger partial charge < -0.3 is 4.74 Å². The second-order valence-electron chi connectivity index (χ2n) is 5.09. The molecular formula is C14H16N4O4S. The first-order chi connectivity index (χ1) is 11.0. The Labute approximate surface area is 133 Å². The summed E-state index contributed by atoms with van der Waals surface area (Å²) >= 11 is 0. The molecule has 1 N–H and O–H groups in total. The molecule has 0 saturated carbocycles. The third kappa shape index (κ3) is 3.20. The van der Waals surface area contributed by atoms with Crippen molar-refractivity contribution in [3.63, 3.8) is 0 Å². The molecule has 2 heterocycles. The van der Waals surface area contributed by atoms with Crippen molar-refractivity contribution >= 4 is 21.9 Å². The van der Waals surface area contributed by atoms with Gasteiger partial charge in [-0.2, -0.15) is 5.10 Å². The van der Waals surface area contributed by atoms with E-state index in [1.165, 1.54) is 17.0 Å². The fraction of sp³-hybridized carbons (Fsp3) is 0.286. The zero-order valence-corrected chi connectivity index (χ0v) is 13.2. The number of cyclic esters (lactones) is 1. The smallest absolute Gasteiger partial charge is 0.415 e. The summed E-state index contributed by atoms with van der Waals surface area (Å²) in [6, 6.07) is 9.74. The van der Waals surface area contributed by atoms with Gasteiger partial charge in [0.15, 0.2) is 0 Å². The fourth-order valence-corrected chi connectivity index (χ4v) is 3.42. The molecule has 1 fully saturated rings. The molecule has 1 aliphatic heterocycles. The topological polar surface area (TPSA) is 93.5 Å². The maximum Gasteiger partial charge on any atom is 0.415 e. The summed E-state index contributed by atoms with van der Waals surface area (Å²) in [6.07, 6.45) is 0.502. The number of benzene rings is 1. The molecule has 1 saturated heterocycles. The normalized spacial score (nSPS) is 18.2. The first-order valence-electron chi connectivity index (χ1n) is 6.98. The highest BCUT2D eigenvalue weighted by atomic mass is 32.2. The molecule has 9 heteroatoms. The van der Waals surface area contributed by atoms with Gasteiger partial charge in [-0.1, -0.05) is 18.2 Å². The lowest BCUT2D eigenvalue weighted by atomic mass is 10.3. The monoisotopic (exact) mass is 336 g/mol. The van der Waals surface area contributed by atoms with E-state index in [0.717, 1.165) is 0 Å². The van der Waals surface area contributed by atoms with E-state index in [-0.39, 0.29) is 18.0 Å². The Balaban J connectivity index is 1.64. The summed E-state index contributed by atoms with van der Waals surface area (Å²) in [5.41, 5.74) is 0. The Morgan fingerprint density at radius 3 is 2.70 bits per heavy atom. The number of amides is 1. The van der Waals surface area contributed by atoms with Crippen LogP contribution >= 0.6 is 0 Å². The average molecular weight is 336 g/mol. The Kier molecular flexibility index (Phi) is 4.05. The molecule has 1 atom stereocenters. The van der Waals surface area contributed by atoms with Crippen LogP contribution < -0.4 is 9.62 Å². The van der Waals surface area contributed by atoms with Gasteiger partial charge in [0.1, 0.15) is 11.9 Å². The number of rotatable bonds is 5. The van der Waals surface area contributed by atoms with Crippen molar-refractivity contribution in [2.24, 2.45) is 7.05 Å². The van der Waals surface area contributed by atoms with Gasteiger partial charge in [0.25, 0.3) is 0 Å². The van der Waals surface area contributed by atoms with Gasteiger partial charge in [0, 0.05) is 19.7 Å². The molecule has 0 bridgehead atoms. The number of carbonyl (C=O) groups is 1. The van der Waals surface area contributed by atoms with Crippen LogP contribution in [0.5, 0.6) is 0 Å². The Bertz CT molecular complexity index is 803. The highest BCUT2D eigenvalue weighted by Crippen LogP contribution is 2.20. The minimum atomic E-state index is -3.62. The molecule has 1 aliphatic rings. The summed E-state index contributed by atoms with van der Waals surface area (Å²) in [4.78, 5) is 13.5. The molecule has 23 heavy (non-hydrogen) atoms. The van der Waals surface area contributed by atoms with Gasteiger partial charge in [0.2, 0.25) is 10.0 Å². The zero-order chi connectivity index (χ0) is 16.4. The molecular weight excluding hydrogens is 320 g/mol. The second kappa shape index (κ2) is 6.01. The summed E-state index contributed by atoms with van der Waals surface area (Å²) in [6.45, 7) is 0.271. The van der Waals surface area contributed by atoms with Crippen LogP contribution in [0.15, 0.2) is 47.5 Å². The first kappa shape index (κ1) is 15.5. The van der Waals surface area contributed by atoms with Gasteiger partial charge in [-0.3, -0.25) is 9.58 Å².